The van der Waals surface area contributed by atoms with Gasteiger partial charge in [-0.3, -0.25) is 0 Å². The van der Waals surface area contributed by atoms with E-state index in [1.54, 1.807) is 0 Å². The number of ether oxygens (including phenoxy) is 2. The third-order valence-corrected chi connectivity index (χ3v) is 4.38. The van der Waals surface area contributed by atoms with Gasteiger partial charge in [0, 0.05) is 18.9 Å². The van der Waals surface area contributed by atoms with Crippen molar-refractivity contribution in [2.75, 3.05) is 19.8 Å². The highest BCUT2D eigenvalue weighted by molar-refractivity contribution is 5.19. The van der Waals surface area contributed by atoms with Gasteiger partial charge in [-0.15, -0.1) is 0 Å². The van der Waals surface area contributed by atoms with Crippen molar-refractivity contribution in [1.29, 1.82) is 0 Å². The molecule has 1 saturated heterocycles. The van der Waals surface area contributed by atoms with Crippen LogP contribution in [0, 0.1) is 0 Å². The van der Waals surface area contributed by atoms with Crippen LogP contribution in [0.1, 0.15) is 37.3 Å². The summed E-state index contributed by atoms with van der Waals surface area (Å²) in [4.78, 5) is 0. The van der Waals surface area contributed by atoms with Gasteiger partial charge in [-0.1, -0.05) is 30.3 Å². The normalized spacial score (nSPS) is 24.1. The summed E-state index contributed by atoms with van der Waals surface area (Å²) in [5.74, 6) is -0.306. The fraction of sp³-hybridized carbons (Fsp3) is 0.625. The molecule has 1 heterocycles. The molecule has 110 valence electrons. The highest BCUT2D eigenvalue weighted by Gasteiger charge is 2.40. The molecular weight excluding hydrogens is 254 g/mol. The fourth-order valence-corrected chi connectivity index (χ4v) is 3.23. The molecule has 1 aliphatic carbocycles. The molecule has 1 atom stereocenters. The Morgan fingerprint density at radius 1 is 1.15 bits per heavy atom. The van der Waals surface area contributed by atoms with Crippen LogP contribution in [0.2, 0.25) is 0 Å². The Kier molecular flexibility index (Phi) is 4.36. The highest BCUT2D eigenvalue weighted by atomic mass is 16.7. The lowest BCUT2D eigenvalue weighted by Gasteiger charge is -2.37. The Bertz CT molecular complexity index is 407. The van der Waals surface area contributed by atoms with Gasteiger partial charge in [-0.05, 0) is 18.4 Å². The molecule has 1 saturated carbocycles. The first-order valence-corrected chi connectivity index (χ1v) is 7.51. The van der Waals surface area contributed by atoms with Crippen LogP contribution in [-0.2, 0) is 9.47 Å². The number of nitrogens with one attached hydrogen (secondary N) is 1. The molecule has 2 aliphatic rings. The van der Waals surface area contributed by atoms with Gasteiger partial charge in [0.1, 0.15) is 0 Å². The van der Waals surface area contributed by atoms with Crippen LogP contribution in [0.4, 0.5) is 0 Å². The molecule has 4 heteroatoms. The van der Waals surface area contributed by atoms with Gasteiger partial charge in [0.05, 0.1) is 25.9 Å². The van der Waals surface area contributed by atoms with Gasteiger partial charge in [-0.25, -0.2) is 0 Å². The first-order valence-electron chi connectivity index (χ1n) is 7.51. The van der Waals surface area contributed by atoms with Gasteiger partial charge in [0.25, 0.3) is 0 Å². The van der Waals surface area contributed by atoms with Crippen LogP contribution >= 0.6 is 0 Å². The Balaban J connectivity index is 1.55. The average molecular weight is 277 g/mol. The van der Waals surface area contributed by atoms with Crippen molar-refractivity contribution >= 4 is 0 Å². The van der Waals surface area contributed by atoms with E-state index in [1.807, 2.05) is 18.2 Å². The van der Waals surface area contributed by atoms with Crippen LogP contribution in [0.5, 0.6) is 0 Å². The Hall–Kier alpha value is -0.940. The molecule has 1 aromatic carbocycles. The second-order valence-electron chi connectivity index (χ2n) is 5.69. The molecule has 4 nitrogen and oxygen atoms in total. The molecular formula is C16H23NO3. The van der Waals surface area contributed by atoms with Crippen LogP contribution in [0.15, 0.2) is 30.3 Å². The number of rotatable bonds is 4. The standard InChI is InChI=1S/C16H23NO3/c18-12-15(13-4-2-1-3-5-13)17-14-6-8-16(9-7-14)19-10-11-20-16/h1-5,14-15,17-18H,6-12H2. The zero-order valence-corrected chi connectivity index (χ0v) is 11.8. The van der Waals surface area contributed by atoms with Gasteiger partial charge in [-0.2, -0.15) is 0 Å². The third kappa shape index (κ3) is 3.04. The van der Waals surface area contributed by atoms with Crippen LogP contribution in [0.25, 0.3) is 0 Å². The van der Waals surface area contributed by atoms with Crippen molar-refractivity contribution in [1.82, 2.24) is 5.32 Å². The molecule has 1 aliphatic heterocycles. The SMILES string of the molecule is OCC(NC1CCC2(CC1)OCCO2)c1ccccc1. The van der Waals surface area contributed by atoms with Gasteiger partial charge in [0.2, 0.25) is 0 Å². The zero-order valence-electron chi connectivity index (χ0n) is 11.8. The molecule has 0 aromatic heterocycles. The number of hydrogen-bond acceptors (Lipinski definition) is 4. The maximum absolute atomic E-state index is 9.60. The second kappa shape index (κ2) is 6.22. The zero-order chi connectivity index (χ0) is 13.8. The number of aliphatic hydroxyl groups excluding tert-OH is 1. The van der Waals surface area contributed by atoms with Crippen molar-refractivity contribution < 1.29 is 14.6 Å². The molecule has 0 bridgehead atoms. The van der Waals surface area contributed by atoms with Gasteiger partial charge < -0.3 is 19.9 Å². The van der Waals surface area contributed by atoms with E-state index in [4.69, 9.17) is 9.47 Å². The van der Waals surface area contributed by atoms with E-state index >= 15 is 0 Å². The molecule has 0 radical (unpaired) electrons. The lowest BCUT2D eigenvalue weighted by atomic mass is 9.89. The van der Waals surface area contributed by atoms with Gasteiger partial charge in [0.15, 0.2) is 5.79 Å². The molecule has 3 rings (SSSR count). The van der Waals surface area contributed by atoms with Crippen LogP contribution < -0.4 is 5.32 Å². The highest BCUT2D eigenvalue weighted by Crippen LogP contribution is 2.36. The average Bonchev–Trinajstić information content (AvgIpc) is 2.96. The van der Waals surface area contributed by atoms with E-state index in [9.17, 15) is 5.11 Å². The lowest BCUT2D eigenvalue weighted by molar-refractivity contribution is -0.179. The Labute approximate surface area is 120 Å². The predicted molar refractivity (Wildman–Crippen MR) is 76.3 cm³/mol. The van der Waals surface area contributed by atoms with Crippen molar-refractivity contribution in [3.8, 4) is 0 Å². The lowest BCUT2D eigenvalue weighted by Crippen LogP contribution is -2.43. The Morgan fingerprint density at radius 3 is 2.40 bits per heavy atom. The summed E-state index contributed by atoms with van der Waals surface area (Å²) >= 11 is 0. The van der Waals surface area contributed by atoms with Crippen LogP contribution in [-0.4, -0.2) is 36.8 Å². The number of hydrogen-bond donors (Lipinski definition) is 2. The summed E-state index contributed by atoms with van der Waals surface area (Å²) in [6.07, 6.45) is 3.95. The number of benzene rings is 1. The largest absolute Gasteiger partial charge is 0.394 e. The third-order valence-electron chi connectivity index (χ3n) is 4.38. The number of aliphatic hydroxyl groups is 1. The Morgan fingerprint density at radius 2 is 1.80 bits per heavy atom. The fourth-order valence-electron chi connectivity index (χ4n) is 3.23. The minimum atomic E-state index is -0.306. The van der Waals surface area contributed by atoms with E-state index in [-0.39, 0.29) is 18.4 Å². The maximum Gasteiger partial charge on any atom is 0.168 e. The topological polar surface area (TPSA) is 50.7 Å². The van der Waals surface area contributed by atoms with E-state index in [0.717, 1.165) is 44.5 Å². The summed E-state index contributed by atoms with van der Waals surface area (Å²) in [7, 11) is 0. The predicted octanol–water partition coefficient (Wildman–Crippen LogP) is 2.00. The molecule has 2 fully saturated rings. The summed E-state index contributed by atoms with van der Waals surface area (Å²) in [5, 5.41) is 13.2. The molecule has 2 N–H and O–H groups in total. The smallest absolute Gasteiger partial charge is 0.168 e. The van der Waals surface area contributed by atoms with E-state index in [1.165, 1.54) is 0 Å². The van der Waals surface area contributed by atoms with Crippen molar-refractivity contribution in [3.05, 3.63) is 35.9 Å². The summed E-state index contributed by atoms with van der Waals surface area (Å²) < 4.78 is 11.5. The van der Waals surface area contributed by atoms with Crippen molar-refractivity contribution in [3.63, 3.8) is 0 Å². The molecule has 0 amide bonds. The quantitative estimate of drug-likeness (QED) is 0.884. The minimum Gasteiger partial charge on any atom is -0.394 e. The molecule has 1 unspecified atom stereocenters. The second-order valence-corrected chi connectivity index (χ2v) is 5.69. The minimum absolute atomic E-state index is 0.0145. The van der Waals surface area contributed by atoms with Crippen LogP contribution in [0.3, 0.4) is 0 Å². The van der Waals surface area contributed by atoms with Crippen molar-refractivity contribution in [2.24, 2.45) is 0 Å². The summed E-state index contributed by atoms with van der Waals surface area (Å²) in [6, 6.07) is 10.6. The van der Waals surface area contributed by atoms with Gasteiger partial charge >= 0.3 is 0 Å². The first-order chi connectivity index (χ1) is 9.81. The van der Waals surface area contributed by atoms with E-state index < -0.39 is 0 Å². The first kappa shape index (κ1) is 14.0. The summed E-state index contributed by atoms with van der Waals surface area (Å²) in [5.41, 5.74) is 1.14. The maximum atomic E-state index is 9.60. The molecule has 1 aromatic rings. The van der Waals surface area contributed by atoms with Crippen molar-refractivity contribution in [2.45, 2.75) is 43.6 Å². The molecule has 1 spiro atoms. The monoisotopic (exact) mass is 277 g/mol. The van der Waals surface area contributed by atoms with E-state index in [2.05, 4.69) is 17.4 Å². The summed E-state index contributed by atoms with van der Waals surface area (Å²) in [6.45, 7) is 1.57. The molecule has 20 heavy (non-hydrogen) atoms. The van der Waals surface area contributed by atoms with E-state index in [0.29, 0.717) is 6.04 Å².